The maximum absolute atomic E-state index is 12.6. The van der Waals surface area contributed by atoms with Crippen LogP contribution < -0.4 is 20.3 Å². The normalized spacial score (nSPS) is 11.6. The number of benzene rings is 2. The van der Waals surface area contributed by atoms with E-state index in [0.717, 1.165) is 24.9 Å². The average molecular weight is 412 g/mol. The number of nitrogens with zero attached hydrogens (tertiary/aromatic N) is 2. The van der Waals surface area contributed by atoms with Crippen LogP contribution in [0.5, 0.6) is 5.75 Å². The molecule has 2 aromatic rings. The Morgan fingerprint density at radius 3 is 2.33 bits per heavy atom. The molecular formula is C24H33N3O3. The van der Waals surface area contributed by atoms with Gasteiger partial charge in [0.15, 0.2) is 6.61 Å². The molecule has 0 spiro atoms. The Hall–Kier alpha value is -2.86. The Morgan fingerprint density at radius 1 is 1.00 bits per heavy atom. The van der Waals surface area contributed by atoms with Crippen LogP contribution in [0.4, 0.5) is 11.4 Å². The largest absolute Gasteiger partial charge is 0.482 e. The lowest BCUT2D eigenvalue weighted by Crippen LogP contribution is -2.38. The molecule has 30 heavy (non-hydrogen) atoms. The Morgan fingerprint density at radius 2 is 1.67 bits per heavy atom. The Bertz CT molecular complexity index is 810. The van der Waals surface area contributed by atoms with Gasteiger partial charge in [-0.2, -0.15) is 0 Å². The highest BCUT2D eigenvalue weighted by atomic mass is 16.5. The Labute approximate surface area is 179 Å². The van der Waals surface area contributed by atoms with Crippen LogP contribution in [0.2, 0.25) is 0 Å². The average Bonchev–Trinajstić information content (AvgIpc) is 2.78. The molecule has 0 saturated carbocycles. The van der Waals surface area contributed by atoms with Gasteiger partial charge in [-0.1, -0.05) is 57.0 Å². The van der Waals surface area contributed by atoms with Crippen LogP contribution in [-0.2, 0) is 9.59 Å². The molecule has 6 nitrogen and oxygen atoms in total. The summed E-state index contributed by atoms with van der Waals surface area (Å²) in [4.78, 5) is 28.3. The molecule has 0 fully saturated rings. The summed E-state index contributed by atoms with van der Waals surface area (Å²) in [6, 6.07) is 16.7. The van der Waals surface area contributed by atoms with Gasteiger partial charge in [-0.3, -0.25) is 9.59 Å². The number of likely N-dealkylation sites (N-methyl/N-ethyl adjacent to an activating group) is 1. The van der Waals surface area contributed by atoms with E-state index in [4.69, 9.17) is 10.5 Å². The van der Waals surface area contributed by atoms with Crippen LogP contribution >= 0.6 is 0 Å². The molecule has 0 aliphatic heterocycles. The van der Waals surface area contributed by atoms with Crippen LogP contribution in [-0.4, -0.2) is 38.6 Å². The van der Waals surface area contributed by atoms with E-state index in [1.165, 1.54) is 0 Å². The quantitative estimate of drug-likeness (QED) is 0.609. The first-order valence-electron chi connectivity index (χ1n) is 10.5. The van der Waals surface area contributed by atoms with E-state index < -0.39 is 0 Å². The van der Waals surface area contributed by atoms with Crippen molar-refractivity contribution in [1.29, 1.82) is 0 Å². The van der Waals surface area contributed by atoms with Gasteiger partial charge >= 0.3 is 0 Å². The summed E-state index contributed by atoms with van der Waals surface area (Å²) < 4.78 is 5.85. The number of ether oxygens (including phenoxy) is 1. The van der Waals surface area contributed by atoms with Crippen LogP contribution in [0, 0.1) is 5.92 Å². The lowest BCUT2D eigenvalue weighted by molar-refractivity contribution is -0.120. The predicted molar refractivity (Wildman–Crippen MR) is 122 cm³/mol. The molecule has 0 bridgehead atoms. The van der Waals surface area contributed by atoms with Gasteiger partial charge < -0.3 is 20.3 Å². The second-order valence-corrected chi connectivity index (χ2v) is 7.48. The first kappa shape index (κ1) is 23.4. The van der Waals surface area contributed by atoms with Gasteiger partial charge in [0.25, 0.3) is 5.91 Å². The fourth-order valence-electron chi connectivity index (χ4n) is 3.31. The Kier molecular flexibility index (Phi) is 9.35. The molecule has 2 rings (SSSR count). The lowest BCUT2D eigenvalue weighted by atomic mass is 10.0. The first-order valence-corrected chi connectivity index (χ1v) is 10.5. The highest BCUT2D eigenvalue weighted by Gasteiger charge is 2.20. The van der Waals surface area contributed by atoms with Gasteiger partial charge in [-0.25, -0.2) is 0 Å². The van der Waals surface area contributed by atoms with Crippen molar-refractivity contribution < 1.29 is 14.3 Å². The minimum Gasteiger partial charge on any atom is -0.482 e. The van der Waals surface area contributed by atoms with E-state index in [1.807, 2.05) is 48.5 Å². The molecular weight excluding hydrogens is 378 g/mol. The fourth-order valence-corrected chi connectivity index (χ4v) is 3.31. The van der Waals surface area contributed by atoms with Crippen molar-refractivity contribution in [3.8, 4) is 5.75 Å². The fraction of sp³-hybridized carbons (Fsp3) is 0.417. The second kappa shape index (κ2) is 12.0. The van der Waals surface area contributed by atoms with Crippen molar-refractivity contribution in [1.82, 2.24) is 0 Å². The zero-order valence-electron chi connectivity index (χ0n) is 18.2. The topological polar surface area (TPSA) is 75.9 Å². The van der Waals surface area contributed by atoms with Gasteiger partial charge in [0.1, 0.15) is 5.75 Å². The molecule has 0 radical (unpaired) electrons. The third-order valence-electron chi connectivity index (χ3n) is 5.13. The molecule has 2 aromatic carbocycles. The number of carbonyl (C=O) groups excluding carboxylic acids is 2. The summed E-state index contributed by atoms with van der Waals surface area (Å²) in [6.07, 6.45) is 3.11. The molecule has 0 aliphatic rings. The van der Waals surface area contributed by atoms with Crippen LogP contribution in [0.3, 0.4) is 0 Å². The van der Waals surface area contributed by atoms with E-state index in [-0.39, 0.29) is 25.0 Å². The smallest absolute Gasteiger partial charge is 0.264 e. The molecule has 1 atom stereocenters. The number of hydrogen-bond acceptors (Lipinski definition) is 4. The van der Waals surface area contributed by atoms with Crippen LogP contribution in [0.15, 0.2) is 54.6 Å². The van der Waals surface area contributed by atoms with E-state index >= 15 is 0 Å². The van der Waals surface area contributed by atoms with Crippen molar-refractivity contribution in [2.75, 3.05) is 36.5 Å². The molecule has 2 N–H and O–H groups in total. The summed E-state index contributed by atoms with van der Waals surface area (Å²) in [6.45, 7) is 4.71. The zero-order valence-corrected chi connectivity index (χ0v) is 18.2. The molecule has 2 amide bonds. The molecule has 0 aromatic heterocycles. The minimum atomic E-state index is -0.177. The first-order chi connectivity index (χ1) is 14.5. The summed E-state index contributed by atoms with van der Waals surface area (Å²) >= 11 is 0. The molecule has 162 valence electrons. The number of anilines is 2. The number of amides is 2. The van der Waals surface area contributed by atoms with Gasteiger partial charge in [0.2, 0.25) is 5.91 Å². The highest BCUT2D eigenvalue weighted by molar-refractivity contribution is 5.96. The maximum atomic E-state index is 12.6. The van der Waals surface area contributed by atoms with Gasteiger partial charge in [0.05, 0.1) is 12.2 Å². The monoisotopic (exact) mass is 411 g/mol. The van der Waals surface area contributed by atoms with E-state index in [2.05, 4.69) is 13.8 Å². The number of para-hydroxylation sites is 3. The molecule has 6 heteroatoms. The van der Waals surface area contributed by atoms with Gasteiger partial charge in [-0.05, 0) is 36.6 Å². The second-order valence-electron chi connectivity index (χ2n) is 7.48. The number of nitrogens with two attached hydrogens (primary N) is 1. The van der Waals surface area contributed by atoms with Gasteiger partial charge in [0, 0.05) is 19.3 Å². The number of rotatable bonds is 11. The van der Waals surface area contributed by atoms with Crippen LogP contribution in [0.25, 0.3) is 0 Å². The maximum Gasteiger partial charge on any atom is 0.264 e. The standard InChI is InChI=1S/C24H33N3O3/c1-4-10-19(2)15-16-27(23(28)17-25)21-13-8-9-14-22(21)30-18-24(29)26(3)20-11-6-5-7-12-20/h5-9,11-14,19H,4,10,15-18,25H2,1-3H3. The van der Waals surface area contributed by atoms with E-state index in [9.17, 15) is 9.59 Å². The lowest BCUT2D eigenvalue weighted by Gasteiger charge is -2.26. The SMILES string of the molecule is CCCC(C)CCN(C(=O)CN)c1ccccc1OCC(=O)N(C)c1ccccc1. The third-order valence-corrected chi connectivity index (χ3v) is 5.13. The predicted octanol–water partition coefficient (Wildman–Crippen LogP) is 3.85. The van der Waals surface area contributed by atoms with Crippen molar-refractivity contribution in [2.24, 2.45) is 11.7 Å². The molecule has 0 aliphatic carbocycles. The van der Waals surface area contributed by atoms with Crippen molar-refractivity contribution in [3.05, 3.63) is 54.6 Å². The molecule has 0 saturated heterocycles. The summed E-state index contributed by atoms with van der Waals surface area (Å²) in [7, 11) is 1.71. The summed E-state index contributed by atoms with van der Waals surface area (Å²) in [5.74, 6) is 0.668. The molecule has 0 heterocycles. The minimum absolute atomic E-state index is 0.0772. The van der Waals surface area contributed by atoms with Crippen molar-refractivity contribution >= 4 is 23.2 Å². The van der Waals surface area contributed by atoms with E-state index in [1.54, 1.807) is 22.9 Å². The third kappa shape index (κ3) is 6.59. The Balaban J connectivity index is 2.12. The zero-order chi connectivity index (χ0) is 21.9. The summed E-state index contributed by atoms with van der Waals surface area (Å²) in [5.41, 5.74) is 7.10. The van der Waals surface area contributed by atoms with Crippen LogP contribution in [0.1, 0.15) is 33.1 Å². The highest BCUT2D eigenvalue weighted by Crippen LogP contribution is 2.29. The number of hydrogen-bond donors (Lipinski definition) is 1. The molecule has 1 unspecified atom stereocenters. The summed E-state index contributed by atoms with van der Waals surface area (Å²) in [5, 5.41) is 0. The number of carbonyl (C=O) groups is 2. The van der Waals surface area contributed by atoms with E-state index in [0.29, 0.717) is 23.9 Å². The van der Waals surface area contributed by atoms with Crippen molar-refractivity contribution in [3.63, 3.8) is 0 Å². The van der Waals surface area contributed by atoms with Crippen molar-refractivity contribution in [2.45, 2.75) is 33.1 Å². The van der Waals surface area contributed by atoms with Gasteiger partial charge in [-0.15, -0.1) is 0 Å².